The fourth-order valence-electron chi connectivity index (χ4n) is 1.80. The Morgan fingerprint density at radius 1 is 1.20 bits per heavy atom. The molecular weight excluding hydrogens is 257 g/mol. The molecule has 0 aliphatic rings. The van der Waals surface area contributed by atoms with E-state index in [9.17, 15) is 9.18 Å². The summed E-state index contributed by atoms with van der Waals surface area (Å²) in [6, 6.07) is 11.9. The van der Waals surface area contributed by atoms with Gasteiger partial charge in [-0.05, 0) is 42.3 Å². The summed E-state index contributed by atoms with van der Waals surface area (Å²) in [5.74, 6) is 0.237. The lowest BCUT2D eigenvalue weighted by Gasteiger charge is -2.07. The van der Waals surface area contributed by atoms with Crippen LogP contribution < -0.4 is 10.1 Å². The lowest BCUT2D eigenvalue weighted by molar-refractivity contribution is -0.115. The molecule has 20 heavy (non-hydrogen) atoms. The summed E-state index contributed by atoms with van der Waals surface area (Å²) in [5.41, 5.74) is 1.89. The first kappa shape index (κ1) is 14.1. The second kappa shape index (κ2) is 6.19. The van der Waals surface area contributed by atoms with Crippen LogP contribution in [0, 0.1) is 12.7 Å². The molecule has 2 aromatic carbocycles. The number of carbonyl (C=O) groups excluding carboxylic acids is 1. The van der Waals surface area contributed by atoms with Crippen molar-refractivity contribution in [2.45, 2.75) is 13.3 Å². The highest BCUT2D eigenvalue weighted by Crippen LogP contribution is 2.15. The third-order valence-corrected chi connectivity index (χ3v) is 2.98. The summed E-state index contributed by atoms with van der Waals surface area (Å²) in [5, 5.41) is 2.68. The van der Waals surface area contributed by atoms with Gasteiger partial charge in [-0.15, -0.1) is 0 Å². The van der Waals surface area contributed by atoms with E-state index in [4.69, 9.17) is 4.74 Å². The van der Waals surface area contributed by atoms with Gasteiger partial charge >= 0.3 is 0 Å². The fraction of sp³-hybridized carbons (Fsp3) is 0.188. The Morgan fingerprint density at radius 2 is 1.90 bits per heavy atom. The second-order valence-electron chi connectivity index (χ2n) is 4.54. The number of benzene rings is 2. The summed E-state index contributed by atoms with van der Waals surface area (Å²) in [4.78, 5) is 11.9. The molecule has 0 aliphatic carbocycles. The van der Waals surface area contributed by atoms with E-state index < -0.39 is 0 Å². The molecule has 0 spiro atoms. The first-order chi connectivity index (χ1) is 9.58. The highest BCUT2D eigenvalue weighted by Gasteiger charge is 2.06. The maximum Gasteiger partial charge on any atom is 0.228 e. The number of ether oxygens (including phenoxy) is 1. The van der Waals surface area contributed by atoms with Gasteiger partial charge in [-0.1, -0.05) is 18.2 Å². The van der Waals surface area contributed by atoms with E-state index in [1.807, 2.05) is 12.1 Å². The van der Waals surface area contributed by atoms with Crippen molar-refractivity contribution in [2.24, 2.45) is 0 Å². The van der Waals surface area contributed by atoms with Crippen molar-refractivity contribution in [3.05, 3.63) is 59.4 Å². The van der Waals surface area contributed by atoms with Gasteiger partial charge in [-0.3, -0.25) is 4.79 Å². The molecule has 104 valence electrons. The average molecular weight is 273 g/mol. The van der Waals surface area contributed by atoms with E-state index in [0.717, 1.165) is 11.3 Å². The van der Waals surface area contributed by atoms with Gasteiger partial charge in [0.05, 0.1) is 13.5 Å². The molecule has 3 nitrogen and oxygen atoms in total. The van der Waals surface area contributed by atoms with Crippen molar-refractivity contribution < 1.29 is 13.9 Å². The van der Waals surface area contributed by atoms with E-state index in [1.165, 1.54) is 6.07 Å². The SMILES string of the molecule is COc1ccc(CC(=O)Nc2ccc(C)c(F)c2)cc1. The molecule has 0 atom stereocenters. The van der Waals surface area contributed by atoms with Crippen LogP contribution in [0.1, 0.15) is 11.1 Å². The number of methoxy groups -OCH3 is 1. The Bertz CT molecular complexity index is 608. The van der Waals surface area contributed by atoms with Crippen LogP contribution in [0.25, 0.3) is 0 Å². The number of nitrogens with one attached hydrogen (secondary N) is 1. The van der Waals surface area contributed by atoms with Gasteiger partial charge < -0.3 is 10.1 Å². The zero-order valence-electron chi connectivity index (χ0n) is 11.4. The number of hydrogen-bond donors (Lipinski definition) is 1. The number of carbonyl (C=O) groups is 1. The van der Waals surface area contributed by atoms with E-state index >= 15 is 0 Å². The number of halogens is 1. The third-order valence-electron chi connectivity index (χ3n) is 2.98. The number of rotatable bonds is 4. The average Bonchev–Trinajstić information content (AvgIpc) is 2.44. The summed E-state index contributed by atoms with van der Waals surface area (Å²) < 4.78 is 18.4. The highest BCUT2D eigenvalue weighted by atomic mass is 19.1. The molecule has 0 saturated heterocycles. The van der Waals surface area contributed by atoms with Crippen molar-refractivity contribution in [2.75, 3.05) is 12.4 Å². The molecule has 0 aromatic heterocycles. The van der Waals surface area contributed by atoms with Crippen LogP contribution in [0.2, 0.25) is 0 Å². The summed E-state index contributed by atoms with van der Waals surface area (Å²) >= 11 is 0. The monoisotopic (exact) mass is 273 g/mol. The predicted octanol–water partition coefficient (Wildman–Crippen LogP) is 3.32. The Labute approximate surface area is 117 Å². The Balaban J connectivity index is 1.99. The van der Waals surface area contributed by atoms with Crippen LogP contribution in [0.15, 0.2) is 42.5 Å². The van der Waals surface area contributed by atoms with Crippen molar-refractivity contribution in [3.8, 4) is 5.75 Å². The summed E-state index contributed by atoms with van der Waals surface area (Å²) in [7, 11) is 1.59. The molecule has 2 aromatic rings. The number of amides is 1. The molecule has 0 bridgehead atoms. The molecule has 0 saturated carbocycles. The molecule has 0 aliphatic heterocycles. The van der Waals surface area contributed by atoms with E-state index in [0.29, 0.717) is 11.3 Å². The van der Waals surface area contributed by atoms with Crippen LogP contribution >= 0.6 is 0 Å². The summed E-state index contributed by atoms with van der Waals surface area (Å²) in [6.07, 6.45) is 0.236. The number of aryl methyl sites for hydroxylation is 1. The smallest absolute Gasteiger partial charge is 0.228 e. The normalized spacial score (nSPS) is 10.2. The topological polar surface area (TPSA) is 38.3 Å². The van der Waals surface area contributed by atoms with Crippen LogP contribution in [0.4, 0.5) is 10.1 Å². The fourth-order valence-corrected chi connectivity index (χ4v) is 1.80. The minimum absolute atomic E-state index is 0.182. The molecule has 0 unspecified atom stereocenters. The van der Waals surface area contributed by atoms with Gasteiger partial charge in [0, 0.05) is 5.69 Å². The Hall–Kier alpha value is -2.36. The van der Waals surface area contributed by atoms with Crippen LogP contribution in [-0.2, 0) is 11.2 Å². The van der Waals surface area contributed by atoms with Gasteiger partial charge in [-0.2, -0.15) is 0 Å². The standard InChI is InChI=1S/C16H16FNO2/c1-11-3-6-13(10-15(11)17)18-16(19)9-12-4-7-14(20-2)8-5-12/h3-8,10H,9H2,1-2H3,(H,18,19). The van der Waals surface area contributed by atoms with Crippen LogP contribution in [0.3, 0.4) is 0 Å². The van der Waals surface area contributed by atoms with E-state index in [2.05, 4.69) is 5.32 Å². The van der Waals surface area contributed by atoms with Gasteiger partial charge in [0.25, 0.3) is 0 Å². The van der Waals surface area contributed by atoms with Crippen molar-refractivity contribution in [1.29, 1.82) is 0 Å². The van der Waals surface area contributed by atoms with Crippen molar-refractivity contribution in [3.63, 3.8) is 0 Å². The van der Waals surface area contributed by atoms with Gasteiger partial charge in [0.15, 0.2) is 0 Å². The summed E-state index contributed by atoms with van der Waals surface area (Å²) in [6.45, 7) is 1.68. The number of anilines is 1. The lowest BCUT2D eigenvalue weighted by Crippen LogP contribution is -2.14. The Morgan fingerprint density at radius 3 is 2.50 bits per heavy atom. The Kier molecular flexibility index (Phi) is 4.35. The molecule has 0 heterocycles. The van der Waals surface area contributed by atoms with E-state index in [1.54, 1.807) is 38.3 Å². The molecule has 1 N–H and O–H groups in total. The van der Waals surface area contributed by atoms with Crippen LogP contribution in [0.5, 0.6) is 5.75 Å². The third kappa shape index (κ3) is 3.57. The van der Waals surface area contributed by atoms with Crippen molar-refractivity contribution in [1.82, 2.24) is 0 Å². The zero-order valence-corrected chi connectivity index (χ0v) is 11.4. The maximum atomic E-state index is 13.4. The lowest BCUT2D eigenvalue weighted by atomic mass is 10.1. The molecule has 2 rings (SSSR count). The number of hydrogen-bond acceptors (Lipinski definition) is 2. The second-order valence-corrected chi connectivity index (χ2v) is 4.54. The quantitative estimate of drug-likeness (QED) is 0.928. The largest absolute Gasteiger partial charge is 0.497 e. The van der Waals surface area contributed by atoms with Gasteiger partial charge in [0.1, 0.15) is 11.6 Å². The molecular formula is C16H16FNO2. The maximum absolute atomic E-state index is 13.4. The first-order valence-electron chi connectivity index (χ1n) is 6.27. The molecule has 1 amide bonds. The minimum Gasteiger partial charge on any atom is -0.497 e. The minimum atomic E-state index is -0.327. The van der Waals surface area contributed by atoms with Gasteiger partial charge in [0.2, 0.25) is 5.91 Å². The molecule has 0 radical (unpaired) electrons. The van der Waals surface area contributed by atoms with Gasteiger partial charge in [-0.25, -0.2) is 4.39 Å². The van der Waals surface area contributed by atoms with Crippen LogP contribution in [-0.4, -0.2) is 13.0 Å². The van der Waals surface area contributed by atoms with E-state index in [-0.39, 0.29) is 18.1 Å². The molecule has 4 heteroatoms. The predicted molar refractivity (Wildman–Crippen MR) is 76.5 cm³/mol. The molecule has 0 fully saturated rings. The highest BCUT2D eigenvalue weighted by molar-refractivity contribution is 5.92. The zero-order chi connectivity index (χ0) is 14.5. The first-order valence-corrected chi connectivity index (χ1v) is 6.27. The van der Waals surface area contributed by atoms with Crippen molar-refractivity contribution >= 4 is 11.6 Å².